The SMILES string of the molecule is CCCCN(Cc1occc1C(=O)O)c1ccccc1. The summed E-state index contributed by atoms with van der Waals surface area (Å²) in [7, 11) is 0. The van der Waals surface area contributed by atoms with Gasteiger partial charge in [-0.2, -0.15) is 0 Å². The summed E-state index contributed by atoms with van der Waals surface area (Å²) in [5.41, 5.74) is 1.32. The summed E-state index contributed by atoms with van der Waals surface area (Å²) in [6, 6.07) is 11.5. The first-order valence-corrected chi connectivity index (χ1v) is 6.82. The number of para-hydroxylation sites is 1. The fourth-order valence-corrected chi connectivity index (χ4v) is 2.11. The van der Waals surface area contributed by atoms with Crippen molar-refractivity contribution in [2.45, 2.75) is 26.3 Å². The standard InChI is InChI=1S/C16H19NO3/c1-2-3-10-17(13-7-5-4-6-8-13)12-15-14(16(18)19)9-11-20-15/h4-9,11H,2-3,10,12H2,1H3,(H,18,19). The number of furan rings is 1. The van der Waals surface area contributed by atoms with Crippen LogP contribution >= 0.6 is 0 Å². The van der Waals surface area contributed by atoms with E-state index in [1.54, 1.807) is 0 Å². The number of unbranched alkanes of at least 4 members (excludes halogenated alkanes) is 1. The molecule has 0 bridgehead atoms. The molecule has 0 aliphatic rings. The van der Waals surface area contributed by atoms with Crippen LogP contribution in [0.15, 0.2) is 47.1 Å². The number of anilines is 1. The third-order valence-electron chi connectivity index (χ3n) is 3.21. The number of aromatic carboxylic acids is 1. The van der Waals surface area contributed by atoms with Crippen LogP contribution in [0.25, 0.3) is 0 Å². The molecular weight excluding hydrogens is 254 g/mol. The number of carboxylic acid groups (broad SMARTS) is 1. The average molecular weight is 273 g/mol. The van der Waals surface area contributed by atoms with Crippen molar-refractivity contribution in [1.29, 1.82) is 0 Å². The van der Waals surface area contributed by atoms with Crippen molar-refractivity contribution in [2.24, 2.45) is 0 Å². The lowest BCUT2D eigenvalue weighted by molar-refractivity contribution is 0.0694. The van der Waals surface area contributed by atoms with Crippen LogP contribution in [-0.4, -0.2) is 17.6 Å². The Bertz CT molecular complexity index is 548. The molecule has 4 heteroatoms. The van der Waals surface area contributed by atoms with Gasteiger partial charge < -0.3 is 14.4 Å². The molecule has 0 radical (unpaired) electrons. The summed E-state index contributed by atoms with van der Waals surface area (Å²) >= 11 is 0. The van der Waals surface area contributed by atoms with Crippen LogP contribution in [0.4, 0.5) is 5.69 Å². The maximum absolute atomic E-state index is 11.1. The number of carboxylic acids is 1. The largest absolute Gasteiger partial charge is 0.478 e. The molecule has 20 heavy (non-hydrogen) atoms. The van der Waals surface area contributed by atoms with Gasteiger partial charge in [-0.3, -0.25) is 0 Å². The highest BCUT2D eigenvalue weighted by atomic mass is 16.4. The van der Waals surface area contributed by atoms with Crippen LogP contribution in [0, 0.1) is 0 Å². The van der Waals surface area contributed by atoms with Gasteiger partial charge >= 0.3 is 5.97 Å². The Labute approximate surface area is 118 Å². The Hall–Kier alpha value is -2.23. The predicted molar refractivity (Wildman–Crippen MR) is 78.1 cm³/mol. The smallest absolute Gasteiger partial charge is 0.339 e. The molecular formula is C16H19NO3. The van der Waals surface area contributed by atoms with Crippen molar-refractivity contribution in [1.82, 2.24) is 0 Å². The molecule has 4 nitrogen and oxygen atoms in total. The second-order valence-corrected chi connectivity index (χ2v) is 4.67. The molecule has 0 spiro atoms. The number of rotatable bonds is 7. The van der Waals surface area contributed by atoms with Crippen molar-refractivity contribution in [3.05, 3.63) is 54.0 Å². The molecule has 0 saturated carbocycles. The van der Waals surface area contributed by atoms with Crippen molar-refractivity contribution >= 4 is 11.7 Å². The summed E-state index contributed by atoms with van der Waals surface area (Å²) in [6.07, 6.45) is 3.58. The first-order valence-electron chi connectivity index (χ1n) is 6.82. The number of carbonyl (C=O) groups is 1. The van der Waals surface area contributed by atoms with E-state index in [1.807, 2.05) is 30.3 Å². The van der Waals surface area contributed by atoms with E-state index in [2.05, 4.69) is 11.8 Å². The molecule has 0 atom stereocenters. The van der Waals surface area contributed by atoms with E-state index in [0.29, 0.717) is 12.3 Å². The third kappa shape index (κ3) is 3.41. The molecule has 2 aromatic rings. The zero-order chi connectivity index (χ0) is 14.4. The lowest BCUT2D eigenvalue weighted by Crippen LogP contribution is -2.24. The molecule has 2 rings (SSSR count). The number of hydrogen-bond donors (Lipinski definition) is 1. The summed E-state index contributed by atoms with van der Waals surface area (Å²) in [4.78, 5) is 13.3. The molecule has 0 fully saturated rings. The van der Waals surface area contributed by atoms with Gasteiger partial charge in [0, 0.05) is 12.2 Å². The maximum atomic E-state index is 11.1. The molecule has 0 aliphatic carbocycles. The quantitative estimate of drug-likeness (QED) is 0.834. The van der Waals surface area contributed by atoms with E-state index in [9.17, 15) is 4.79 Å². The monoisotopic (exact) mass is 273 g/mol. The summed E-state index contributed by atoms with van der Waals surface area (Å²) in [5, 5.41) is 9.14. The van der Waals surface area contributed by atoms with Crippen LogP contribution < -0.4 is 4.90 Å². The van der Waals surface area contributed by atoms with Gasteiger partial charge in [0.1, 0.15) is 11.3 Å². The van der Waals surface area contributed by atoms with Crippen LogP contribution in [-0.2, 0) is 6.54 Å². The first-order chi connectivity index (χ1) is 9.72. The predicted octanol–water partition coefficient (Wildman–Crippen LogP) is 3.78. The van der Waals surface area contributed by atoms with Crippen LogP contribution in [0.3, 0.4) is 0 Å². The van der Waals surface area contributed by atoms with Crippen molar-refractivity contribution in [3.8, 4) is 0 Å². The Morgan fingerprint density at radius 3 is 2.65 bits per heavy atom. The Morgan fingerprint density at radius 2 is 2.00 bits per heavy atom. The highest BCUT2D eigenvalue weighted by Gasteiger charge is 2.16. The third-order valence-corrected chi connectivity index (χ3v) is 3.21. The molecule has 1 heterocycles. The minimum Gasteiger partial charge on any atom is -0.478 e. The lowest BCUT2D eigenvalue weighted by atomic mass is 10.2. The van der Waals surface area contributed by atoms with Gasteiger partial charge in [0.05, 0.1) is 12.8 Å². The van der Waals surface area contributed by atoms with Crippen molar-refractivity contribution < 1.29 is 14.3 Å². The molecule has 0 saturated heterocycles. The van der Waals surface area contributed by atoms with Crippen molar-refractivity contribution in [3.63, 3.8) is 0 Å². The van der Waals surface area contributed by atoms with E-state index in [1.165, 1.54) is 12.3 Å². The second kappa shape index (κ2) is 6.80. The second-order valence-electron chi connectivity index (χ2n) is 4.67. The topological polar surface area (TPSA) is 53.7 Å². The van der Waals surface area contributed by atoms with Gasteiger partial charge in [-0.05, 0) is 24.6 Å². The summed E-state index contributed by atoms with van der Waals surface area (Å²) in [5.74, 6) is -0.449. The zero-order valence-electron chi connectivity index (χ0n) is 11.6. The minimum atomic E-state index is -0.947. The van der Waals surface area contributed by atoms with Crippen LogP contribution in [0.1, 0.15) is 35.9 Å². The molecule has 106 valence electrons. The van der Waals surface area contributed by atoms with Crippen LogP contribution in [0.2, 0.25) is 0 Å². The summed E-state index contributed by atoms with van der Waals surface area (Å²) in [6.45, 7) is 3.48. The molecule has 0 unspecified atom stereocenters. The number of benzene rings is 1. The molecule has 1 N–H and O–H groups in total. The highest BCUT2D eigenvalue weighted by Crippen LogP contribution is 2.20. The first kappa shape index (κ1) is 14.2. The van der Waals surface area contributed by atoms with Crippen LogP contribution in [0.5, 0.6) is 0 Å². The zero-order valence-corrected chi connectivity index (χ0v) is 11.6. The van der Waals surface area contributed by atoms with Gasteiger partial charge in [0.25, 0.3) is 0 Å². The number of nitrogens with zero attached hydrogens (tertiary/aromatic N) is 1. The van der Waals surface area contributed by atoms with E-state index in [0.717, 1.165) is 25.1 Å². The minimum absolute atomic E-state index is 0.238. The van der Waals surface area contributed by atoms with E-state index < -0.39 is 5.97 Å². The average Bonchev–Trinajstić information content (AvgIpc) is 2.92. The molecule has 1 aromatic heterocycles. The van der Waals surface area contributed by atoms with Gasteiger partial charge in [-0.25, -0.2) is 4.79 Å². The Balaban J connectivity index is 2.19. The van der Waals surface area contributed by atoms with Gasteiger partial charge in [0.15, 0.2) is 0 Å². The fourth-order valence-electron chi connectivity index (χ4n) is 2.11. The molecule has 1 aromatic carbocycles. The van der Waals surface area contributed by atoms with Gasteiger partial charge in [-0.1, -0.05) is 31.5 Å². The van der Waals surface area contributed by atoms with Crippen molar-refractivity contribution in [2.75, 3.05) is 11.4 Å². The van der Waals surface area contributed by atoms with E-state index in [4.69, 9.17) is 9.52 Å². The maximum Gasteiger partial charge on any atom is 0.339 e. The molecule has 0 amide bonds. The summed E-state index contributed by atoms with van der Waals surface area (Å²) < 4.78 is 5.34. The Kier molecular flexibility index (Phi) is 4.82. The van der Waals surface area contributed by atoms with Gasteiger partial charge in [-0.15, -0.1) is 0 Å². The van der Waals surface area contributed by atoms with Gasteiger partial charge in [0.2, 0.25) is 0 Å². The normalized spacial score (nSPS) is 10.4. The Morgan fingerprint density at radius 1 is 1.25 bits per heavy atom. The number of hydrogen-bond acceptors (Lipinski definition) is 3. The lowest BCUT2D eigenvalue weighted by Gasteiger charge is -2.24. The fraction of sp³-hybridized carbons (Fsp3) is 0.312. The van der Waals surface area contributed by atoms with E-state index >= 15 is 0 Å². The highest BCUT2D eigenvalue weighted by molar-refractivity contribution is 5.88. The molecule has 0 aliphatic heterocycles. The van der Waals surface area contributed by atoms with E-state index in [-0.39, 0.29) is 5.56 Å².